The second-order valence-electron chi connectivity index (χ2n) is 7.73. The molecule has 0 fully saturated rings. The van der Waals surface area contributed by atoms with E-state index in [9.17, 15) is 4.79 Å². The van der Waals surface area contributed by atoms with Gasteiger partial charge in [-0.05, 0) is 29.8 Å². The Kier molecular flexibility index (Phi) is 5.73. The summed E-state index contributed by atoms with van der Waals surface area (Å²) in [6.45, 7) is 0.612. The Morgan fingerprint density at radius 1 is 1.06 bits per heavy atom. The summed E-state index contributed by atoms with van der Waals surface area (Å²) >= 11 is 2.91. The second-order valence-corrected chi connectivity index (χ2v) is 9.53. The highest BCUT2D eigenvalue weighted by Gasteiger charge is 2.18. The van der Waals surface area contributed by atoms with E-state index < -0.39 is 0 Å². The molecule has 0 atom stereocenters. The maximum absolute atomic E-state index is 12.9. The van der Waals surface area contributed by atoms with Crippen LogP contribution in [-0.2, 0) is 12.3 Å². The van der Waals surface area contributed by atoms with Crippen LogP contribution in [0.3, 0.4) is 0 Å². The highest BCUT2D eigenvalue weighted by molar-refractivity contribution is 7.98. The third kappa shape index (κ3) is 4.29. The topological polar surface area (TPSA) is 102 Å². The highest BCUT2D eigenvalue weighted by Crippen LogP contribution is 2.32. The van der Waals surface area contributed by atoms with E-state index in [2.05, 4.69) is 36.9 Å². The molecule has 0 saturated heterocycles. The van der Waals surface area contributed by atoms with Gasteiger partial charge in [-0.1, -0.05) is 42.1 Å². The number of hydrogen-bond donors (Lipinski definition) is 1. The van der Waals surface area contributed by atoms with Crippen molar-refractivity contribution in [1.82, 2.24) is 29.7 Å². The summed E-state index contributed by atoms with van der Waals surface area (Å²) in [5.41, 5.74) is 2.60. The number of nitrogens with zero attached hydrogens (tertiary/aromatic N) is 5. The quantitative estimate of drug-likeness (QED) is 0.300. The van der Waals surface area contributed by atoms with Crippen molar-refractivity contribution >= 4 is 33.3 Å². The molecule has 8 nitrogen and oxygen atoms in total. The third-order valence-electron chi connectivity index (χ3n) is 5.44. The lowest BCUT2D eigenvalue weighted by atomic mass is 10.2. The smallest absolute Gasteiger partial charge is 0.260 e. The zero-order valence-corrected chi connectivity index (χ0v) is 19.9. The SMILES string of the molecule is O=c1[nH]c(CSc2nnc(-c3cccnc3)n2Cc2ccccc2)nc2scc(-c3ccco3)c12. The first-order valence-electron chi connectivity index (χ1n) is 10.8. The van der Waals surface area contributed by atoms with Crippen molar-refractivity contribution in [2.75, 3.05) is 0 Å². The van der Waals surface area contributed by atoms with Crippen LogP contribution in [0.4, 0.5) is 0 Å². The fourth-order valence-corrected chi connectivity index (χ4v) is 5.58. The van der Waals surface area contributed by atoms with E-state index in [1.807, 2.05) is 41.8 Å². The van der Waals surface area contributed by atoms with Crippen LogP contribution in [0.15, 0.2) is 93.0 Å². The number of fused-ring (bicyclic) bond motifs is 1. The molecule has 5 heterocycles. The van der Waals surface area contributed by atoms with E-state index in [-0.39, 0.29) is 5.56 Å². The first-order chi connectivity index (χ1) is 17.3. The van der Waals surface area contributed by atoms with Gasteiger partial charge in [-0.25, -0.2) is 4.98 Å². The van der Waals surface area contributed by atoms with Crippen LogP contribution in [0, 0.1) is 0 Å². The van der Waals surface area contributed by atoms with Crippen molar-refractivity contribution in [3.8, 4) is 22.7 Å². The molecule has 0 aliphatic heterocycles. The molecule has 10 heteroatoms. The predicted molar refractivity (Wildman–Crippen MR) is 136 cm³/mol. The van der Waals surface area contributed by atoms with E-state index in [1.54, 1.807) is 24.7 Å². The minimum Gasteiger partial charge on any atom is -0.464 e. The fourth-order valence-electron chi connectivity index (χ4n) is 3.82. The molecule has 0 unspecified atom stereocenters. The Hall–Kier alpha value is -4.02. The molecule has 35 heavy (non-hydrogen) atoms. The molecular weight excluding hydrogens is 480 g/mol. The zero-order valence-electron chi connectivity index (χ0n) is 18.3. The van der Waals surface area contributed by atoms with E-state index in [0.717, 1.165) is 27.7 Å². The summed E-state index contributed by atoms with van der Waals surface area (Å²) in [7, 11) is 0. The van der Waals surface area contributed by atoms with Crippen LogP contribution < -0.4 is 5.56 Å². The Morgan fingerprint density at radius 3 is 2.77 bits per heavy atom. The summed E-state index contributed by atoms with van der Waals surface area (Å²) in [5, 5.41) is 12.1. The lowest BCUT2D eigenvalue weighted by Crippen LogP contribution is -2.11. The van der Waals surface area contributed by atoms with Crippen LogP contribution in [0.25, 0.3) is 32.9 Å². The molecule has 172 valence electrons. The van der Waals surface area contributed by atoms with Crippen LogP contribution in [0.2, 0.25) is 0 Å². The molecule has 0 saturated carbocycles. The average Bonchev–Trinajstić information content (AvgIpc) is 3.64. The Labute approximate surface area is 207 Å². The minimum absolute atomic E-state index is 0.181. The van der Waals surface area contributed by atoms with Crippen molar-refractivity contribution in [1.29, 1.82) is 0 Å². The number of pyridine rings is 1. The van der Waals surface area contributed by atoms with Crippen molar-refractivity contribution < 1.29 is 4.42 Å². The molecule has 6 rings (SSSR count). The van der Waals surface area contributed by atoms with Gasteiger partial charge in [-0.2, -0.15) is 0 Å². The molecule has 1 aromatic carbocycles. The molecule has 5 aromatic heterocycles. The first kappa shape index (κ1) is 21.5. The maximum Gasteiger partial charge on any atom is 0.260 e. The fraction of sp³-hybridized carbons (Fsp3) is 0.0800. The highest BCUT2D eigenvalue weighted by atomic mass is 32.2. The second kappa shape index (κ2) is 9.32. The Morgan fingerprint density at radius 2 is 1.97 bits per heavy atom. The third-order valence-corrected chi connectivity index (χ3v) is 7.29. The van der Waals surface area contributed by atoms with Gasteiger partial charge in [0.1, 0.15) is 16.4 Å². The molecule has 6 aromatic rings. The number of thioether (sulfide) groups is 1. The number of rotatable bonds is 7. The van der Waals surface area contributed by atoms with E-state index in [4.69, 9.17) is 9.40 Å². The number of aromatic nitrogens is 6. The molecule has 0 amide bonds. The predicted octanol–water partition coefficient (Wildman–Crippen LogP) is 5.24. The molecule has 0 radical (unpaired) electrons. The number of aromatic amines is 1. The number of benzene rings is 1. The van der Waals surface area contributed by atoms with Gasteiger partial charge in [-0.15, -0.1) is 21.5 Å². The number of H-pyrrole nitrogens is 1. The first-order valence-corrected chi connectivity index (χ1v) is 12.7. The molecule has 1 N–H and O–H groups in total. The van der Waals surface area contributed by atoms with Crippen LogP contribution in [-0.4, -0.2) is 29.7 Å². The van der Waals surface area contributed by atoms with Gasteiger partial charge in [-0.3, -0.25) is 14.3 Å². The van der Waals surface area contributed by atoms with Gasteiger partial charge in [0, 0.05) is 28.9 Å². The molecule has 0 bridgehead atoms. The van der Waals surface area contributed by atoms with Gasteiger partial charge in [0.25, 0.3) is 5.56 Å². The summed E-state index contributed by atoms with van der Waals surface area (Å²) in [6, 6.07) is 17.6. The normalized spacial score (nSPS) is 11.3. The van der Waals surface area contributed by atoms with Crippen LogP contribution in [0.1, 0.15) is 11.4 Å². The summed E-state index contributed by atoms with van der Waals surface area (Å²) in [6.07, 6.45) is 5.11. The number of thiophene rings is 1. The van der Waals surface area contributed by atoms with Gasteiger partial charge in [0.05, 0.1) is 23.9 Å². The van der Waals surface area contributed by atoms with Gasteiger partial charge in [0.15, 0.2) is 11.0 Å². The van der Waals surface area contributed by atoms with E-state index in [0.29, 0.717) is 34.1 Å². The standard InChI is InChI=1S/C25H18N6O2S2/c32-23-21-18(19-9-5-11-33-19)14-34-24(21)28-20(27-23)15-35-25-30-29-22(17-8-4-10-26-12-17)31(25)13-16-6-2-1-3-7-16/h1-12,14H,13,15H2,(H,27,28,32). The number of furan rings is 1. The van der Waals surface area contributed by atoms with Crippen molar-refractivity contribution in [3.05, 3.63) is 100 Å². The van der Waals surface area contributed by atoms with Crippen molar-refractivity contribution in [2.24, 2.45) is 0 Å². The lowest BCUT2D eigenvalue weighted by Gasteiger charge is -2.10. The maximum atomic E-state index is 12.9. The molecule has 0 aliphatic rings. The van der Waals surface area contributed by atoms with E-state index >= 15 is 0 Å². The minimum atomic E-state index is -0.181. The average molecular weight is 499 g/mol. The molecule has 0 aliphatic carbocycles. The molecular formula is C25H18N6O2S2. The summed E-state index contributed by atoms with van der Waals surface area (Å²) < 4.78 is 7.54. The Bertz CT molecular complexity index is 1640. The van der Waals surface area contributed by atoms with E-state index in [1.165, 1.54) is 23.1 Å². The Balaban J connectivity index is 1.31. The largest absolute Gasteiger partial charge is 0.464 e. The molecule has 0 spiro atoms. The van der Waals surface area contributed by atoms with Crippen LogP contribution >= 0.6 is 23.1 Å². The van der Waals surface area contributed by atoms with Crippen LogP contribution in [0.5, 0.6) is 0 Å². The zero-order chi connectivity index (χ0) is 23.6. The summed E-state index contributed by atoms with van der Waals surface area (Å²) in [5.74, 6) is 2.42. The van der Waals surface area contributed by atoms with Crippen molar-refractivity contribution in [2.45, 2.75) is 17.5 Å². The van der Waals surface area contributed by atoms with Gasteiger partial charge in [0.2, 0.25) is 0 Å². The number of nitrogens with one attached hydrogen (secondary N) is 1. The monoisotopic (exact) mass is 498 g/mol. The summed E-state index contributed by atoms with van der Waals surface area (Å²) in [4.78, 5) is 25.4. The van der Waals surface area contributed by atoms with Crippen molar-refractivity contribution in [3.63, 3.8) is 0 Å². The number of hydrogen-bond acceptors (Lipinski definition) is 8. The lowest BCUT2D eigenvalue weighted by molar-refractivity contribution is 0.583. The van der Waals surface area contributed by atoms with Gasteiger partial charge < -0.3 is 9.40 Å². The van der Waals surface area contributed by atoms with Gasteiger partial charge >= 0.3 is 0 Å².